The molecule has 0 spiro atoms. The van der Waals surface area contributed by atoms with Crippen LogP contribution in [0, 0.1) is 0 Å². The predicted molar refractivity (Wildman–Crippen MR) is 87.5 cm³/mol. The number of hydrogen-bond donors (Lipinski definition) is 0. The fourth-order valence-electron chi connectivity index (χ4n) is 2.14. The summed E-state index contributed by atoms with van der Waals surface area (Å²) in [5, 5.41) is 0. The highest BCUT2D eigenvalue weighted by Crippen LogP contribution is 2.22. The molecule has 126 valence electrons. The predicted octanol–water partition coefficient (Wildman–Crippen LogP) is 3.92. The number of nitrogens with zero attached hydrogens (tertiary/aromatic N) is 2. The van der Waals surface area contributed by atoms with E-state index in [1.54, 1.807) is 48.6 Å². The van der Waals surface area contributed by atoms with Gasteiger partial charge >= 0.3 is 6.61 Å². The van der Waals surface area contributed by atoms with Crippen LogP contribution in [0.2, 0.25) is 0 Å². The molecule has 0 aliphatic heterocycles. The Morgan fingerprint density at radius 3 is 2.67 bits per heavy atom. The smallest absolute Gasteiger partial charge is 0.387 e. The quantitative estimate of drug-likeness (QED) is 0.753. The maximum atomic E-state index is 12.4. The van der Waals surface area contributed by atoms with Gasteiger partial charge in [0, 0.05) is 31.1 Å². The molecule has 1 amide bonds. The SMILES string of the molecule is CC(c1cccnc1)N(C)C(=O)C=Cc1ccccc1OC(F)F. The third-order valence-corrected chi connectivity index (χ3v) is 3.64. The number of halogens is 2. The Morgan fingerprint density at radius 2 is 2.00 bits per heavy atom. The summed E-state index contributed by atoms with van der Waals surface area (Å²) in [6.07, 6.45) is 6.16. The van der Waals surface area contributed by atoms with Crippen molar-refractivity contribution < 1.29 is 18.3 Å². The van der Waals surface area contributed by atoms with Crippen molar-refractivity contribution in [1.82, 2.24) is 9.88 Å². The zero-order valence-corrected chi connectivity index (χ0v) is 13.4. The molecule has 1 unspecified atom stereocenters. The topological polar surface area (TPSA) is 42.4 Å². The van der Waals surface area contributed by atoms with Crippen LogP contribution in [-0.2, 0) is 4.79 Å². The Labute approximate surface area is 139 Å². The van der Waals surface area contributed by atoms with Crippen LogP contribution >= 0.6 is 0 Å². The van der Waals surface area contributed by atoms with E-state index in [-0.39, 0.29) is 17.7 Å². The van der Waals surface area contributed by atoms with Crippen LogP contribution in [0.25, 0.3) is 6.08 Å². The van der Waals surface area contributed by atoms with Gasteiger partial charge in [0.05, 0.1) is 6.04 Å². The molecule has 1 aromatic heterocycles. The number of aromatic nitrogens is 1. The molecule has 0 aliphatic rings. The maximum Gasteiger partial charge on any atom is 0.387 e. The number of rotatable bonds is 6. The van der Waals surface area contributed by atoms with Crippen LogP contribution in [0.4, 0.5) is 8.78 Å². The number of likely N-dealkylation sites (N-methyl/N-ethyl adjacent to an activating group) is 1. The molecule has 0 bridgehead atoms. The van der Waals surface area contributed by atoms with Crippen LogP contribution in [0.5, 0.6) is 5.75 Å². The van der Waals surface area contributed by atoms with Crippen molar-refractivity contribution in [2.24, 2.45) is 0 Å². The molecule has 0 saturated heterocycles. The first kappa shape index (κ1) is 17.6. The molecule has 0 N–H and O–H groups in total. The molecule has 0 aliphatic carbocycles. The molecule has 6 heteroatoms. The average molecular weight is 332 g/mol. The number of benzene rings is 1. The monoisotopic (exact) mass is 332 g/mol. The van der Waals surface area contributed by atoms with Crippen molar-refractivity contribution in [3.8, 4) is 5.75 Å². The summed E-state index contributed by atoms with van der Waals surface area (Å²) in [6.45, 7) is -1.03. The van der Waals surface area contributed by atoms with E-state index >= 15 is 0 Å². The number of alkyl halides is 2. The van der Waals surface area contributed by atoms with Gasteiger partial charge in [-0.3, -0.25) is 9.78 Å². The van der Waals surface area contributed by atoms with Gasteiger partial charge in [-0.1, -0.05) is 24.3 Å². The number of carbonyl (C=O) groups is 1. The van der Waals surface area contributed by atoms with Crippen LogP contribution in [-0.4, -0.2) is 29.5 Å². The van der Waals surface area contributed by atoms with Crippen molar-refractivity contribution in [3.05, 3.63) is 66.0 Å². The fourth-order valence-corrected chi connectivity index (χ4v) is 2.14. The van der Waals surface area contributed by atoms with Crippen LogP contribution in [0.15, 0.2) is 54.9 Å². The Kier molecular flexibility index (Phi) is 6.01. The molecule has 2 aromatic rings. The first-order valence-corrected chi connectivity index (χ1v) is 7.37. The Balaban J connectivity index is 2.10. The highest BCUT2D eigenvalue weighted by molar-refractivity contribution is 5.92. The first-order valence-electron chi connectivity index (χ1n) is 7.37. The van der Waals surface area contributed by atoms with E-state index in [0.29, 0.717) is 5.56 Å². The number of carbonyl (C=O) groups excluding carboxylic acids is 1. The van der Waals surface area contributed by atoms with Crippen molar-refractivity contribution >= 4 is 12.0 Å². The summed E-state index contributed by atoms with van der Waals surface area (Å²) in [5.74, 6) is -0.224. The molecule has 0 radical (unpaired) electrons. The summed E-state index contributed by atoms with van der Waals surface area (Å²) < 4.78 is 29.2. The second-order valence-electron chi connectivity index (χ2n) is 5.16. The van der Waals surface area contributed by atoms with Gasteiger partial charge in [-0.25, -0.2) is 0 Å². The fraction of sp³-hybridized carbons (Fsp3) is 0.222. The molecule has 0 saturated carbocycles. The van der Waals surface area contributed by atoms with Gasteiger partial charge in [0.15, 0.2) is 0 Å². The average Bonchev–Trinajstić information content (AvgIpc) is 2.59. The van der Waals surface area contributed by atoms with Crippen LogP contribution < -0.4 is 4.74 Å². The molecule has 1 atom stereocenters. The molecule has 4 nitrogen and oxygen atoms in total. The van der Waals surface area contributed by atoms with Crippen molar-refractivity contribution in [3.63, 3.8) is 0 Å². The molecular weight excluding hydrogens is 314 g/mol. The molecule has 1 heterocycles. The van der Waals surface area contributed by atoms with Gasteiger partial charge in [-0.2, -0.15) is 8.78 Å². The van der Waals surface area contributed by atoms with Gasteiger partial charge in [0.2, 0.25) is 5.91 Å². The zero-order valence-electron chi connectivity index (χ0n) is 13.4. The maximum absolute atomic E-state index is 12.4. The largest absolute Gasteiger partial charge is 0.434 e. The molecule has 24 heavy (non-hydrogen) atoms. The van der Waals surface area contributed by atoms with E-state index in [0.717, 1.165) is 5.56 Å². The van der Waals surface area contributed by atoms with Gasteiger partial charge in [-0.05, 0) is 30.7 Å². The van der Waals surface area contributed by atoms with Crippen molar-refractivity contribution in [2.75, 3.05) is 7.05 Å². The Morgan fingerprint density at radius 1 is 1.25 bits per heavy atom. The van der Waals surface area contributed by atoms with E-state index in [9.17, 15) is 13.6 Å². The Hall–Kier alpha value is -2.76. The second-order valence-corrected chi connectivity index (χ2v) is 5.16. The van der Waals surface area contributed by atoms with Crippen molar-refractivity contribution in [2.45, 2.75) is 19.6 Å². The third kappa shape index (κ3) is 4.62. The lowest BCUT2D eigenvalue weighted by molar-refractivity contribution is -0.126. The first-order chi connectivity index (χ1) is 11.5. The number of ether oxygens (including phenoxy) is 1. The normalized spacial score (nSPS) is 12.4. The third-order valence-electron chi connectivity index (χ3n) is 3.64. The second kappa shape index (κ2) is 8.19. The molecular formula is C18H18F2N2O2. The summed E-state index contributed by atoms with van der Waals surface area (Å²) in [7, 11) is 1.67. The van der Waals surface area contributed by atoms with E-state index < -0.39 is 6.61 Å². The van der Waals surface area contributed by atoms with E-state index in [4.69, 9.17) is 0 Å². The van der Waals surface area contributed by atoms with Crippen LogP contribution in [0.1, 0.15) is 24.1 Å². The van der Waals surface area contributed by atoms with Gasteiger partial charge in [0.25, 0.3) is 0 Å². The highest BCUT2D eigenvalue weighted by Gasteiger charge is 2.15. The standard InChI is InChI=1S/C18H18F2N2O2/c1-13(15-7-5-11-21-12-15)22(2)17(23)10-9-14-6-3-4-8-16(14)24-18(19)20/h3-13,18H,1-2H3. The lowest BCUT2D eigenvalue weighted by atomic mass is 10.1. The summed E-state index contributed by atoms with van der Waals surface area (Å²) >= 11 is 0. The molecule has 1 aromatic carbocycles. The summed E-state index contributed by atoms with van der Waals surface area (Å²) in [5.41, 5.74) is 1.32. The van der Waals surface area contributed by atoms with Crippen molar-refractivity contribution in [1.29, 1.82) is 0 Å². The highest BCUT2D eigenvalue weighted by atomic mass is 19.3. The summed E-state index contributed by atoms with van der Waals surface area (Å²) in [6, 6.07) is 9.83. The molecule has 2 rings (SSSR count). The number of para-hydroxylation sites is 1. The minimum Gasteiger partial charge on any atom is -0.434 e. The van der Waals surface area contributed by atoms with E-state index in [1.165, 1.54) is 18.2 Å². The lowest BCUT2D eigenvalue weighted by Gasteiger charge is -2.23. The van der Waals surface area contributed by atoms with Gasteiger partial charge < -0.3 is 9.64 Å². The Bertz CT molecular complexity index is 705. The van der Waals surface area contributed by atoms with E-state index in [2.05, 4.69) is 9.72 Å². The molecule has 0 fully saturated rings. The van der Waals surface area contributed by atoms with Gasteiger partial charge in [0.1, 0.15) is 5.75 Å². The number of amides is 1. The summed E-state index contributed by atoms with van der Waals surface area (Å²) in [4.78, 5) is 17.9. The van der Waals surface area contributed by atoms with Crippen LogP contribution in [0.3, 0.4) is 0 Å². The lowest BCUT2D eigenvalue weighted by Crippen LogP contribution is -2.28. The minimum atomic E-state index is -2.91. The number of hydrogen-bond acceptors (Lipinski definition) is 3. The van der Waals surface area contributed by atoms with E-state index in [1.807, 2.05) is 13.0 Å². The van der Waals surface area contributed by atoms with Gasteiger partial charge in [-0.15, -0.1) is 0 Å². The minimum absolute atomic E-state index is 0.0273. The number of pyridine rings is 1. The zero-order chi connectivity index (χ0) is 17.5.